The van der Waals surface area contributed by atoms with Crippen LogP contribution in [-0.4, -0.2) is 32.5 Å². The molecule has 9 nitrogen and oxygen atoms in total. The van der Waals surface area contributed by atoms with Crippen molar-refractivity contribution in [3.63, 3.8) is 0 Å². The monoisotopic (exact) mass is 435 g/mol. The lowest BCUT2D eigenvalue weighted by Gasteiger charge is -2.07. The summed E-state index contributed by atoms with van der Waals surface area (Å²) in [5, 5.41) is 14.0. The van der Waals surface area contributed by atoms with Crippen LogP contribution in [0.1, 0.15) is 11.6 Å². The van der Waals surface area contributed by atoms with Gasteiger partial charge in [0.2, 0.25) is 5.91 Å². The molecule has 0 spiro atoms. The summed E-state index contributed by atoms with van der Waals surface area (Å²) in [6, 6.07) is 9.83. The molecule has 2 heterocycles. The lowest BCUT2D eigenvalue weighted by atomic mass is 10.3. The molecule has 0 fully saturated rings. The van der Waals surface area contributed by atoms with Crippen LogP contribution in [0.4, 0.5) is 4.79 Å². The van der Waals surface area contributed by atoms with Crippen molar-refractivity contribution in [3.8, 4) is 5.75 Å². The number of hydrogen-bond acceptors (Lipinski definition) is 7. The van der Waals surface area contributed by atoms with Gasteiger partial charge in [-0.05, 0) is 36.4 Å². The molecule has 0 aliphatic rings. The van der Waals surface area contributed by atoms with Crippen LogP contribution in [0.25, 0.3) is 0 Å². The first kappa shape index (κ1) is 20.7. The van der Waals surface area contributed by atoms with E-state index in [-0.39, 0.29) is 18.9 Å². The van der Waals surface area contributed by atoms with E-state index in [0.717, 1.165) is 11.8 Å². The molecule has 0 aliphatic carbocycles. The van der Waals surface area contributed by atoms with Crippen LogP contribution in [0.5, 0.6) is 5.75 Å². The smallest absolute Gasteiger partial charge is 0.321 e. The predicted molar refractivity (Wildman–Crippen MR) is 107 cm³/mol. The van der Waals surface area contributed by atoms with Gasteiger partial charge in [0.15, 0.2) is 11.0 Å². The Kier molecular flexibility index (Phi) is 7.14. The zero-order valence-electron chi connectivity index (χ0n) is 15.4. The number of nitrogens with zero attached hydrogens (tertiary/aromatic N) is 3. The number of aromatic nitrogens is 3. The third kappa shape index (κ3) is 6.26. The molecule has 3 rings (SSSR count). The minimum atomic E-state index is -0.595. The molecule has 152 valence electrons. The maximum atomic E-state index is 11.9. The Hall–Kier alpha value is -2.98. The largest absolute Gasteiger partial charge is 0.486 e. The molecule has 29 heavy (non-hydrogen) atoms. The second kappa shape index (κ2) is 9.99. The molecule has 1 aromatic carbocycles. The zero-order chi connectivity index (χ0) is 20.6. The van der Waals surface area contributed by atoms with Crippen molar-refractivity contribution < 1.29 is 18.7 Å². The van der Waals surface area contributed by atoms with Crippen molar-refractivity contribution in [1.82, 2.24) is 25.4 Å². The van der Waals surface area contributed by atoms with Crippen LogP contribution in [0.3, 0.4) is 0 Å². The van der Waals surface area contributed by atoms with Gasteiger partial charge in [-0.15, -0.1) is 10.2 Å². The first-order valence-corrected chi connectivity index (χ1v) is 9.87. The summed E-state index contributed by atoms with van der Waals surface area (Å²) >= 11 is 7.01. The van der Waals surface area contributed by atoms with Crippen molar-refractivity contribution in [1.29, 1.82) is 0 Å². The Bertz CT molecular complexity index is 959. The number of carbonyl (C=O) groups excluding carboxylic acids is 2. The topological polar surface area (TPSA) is 111 Å². The molecule has 2 aromatic heterocycles. The molecule has 0 atom stereocenters. The molecular weight excluding hydrogens is 418 g/mol. The number of rotatable bonds is 8. The van der Waals surface area contributed by atoms with Gasteiger partial charge in [-0.2, -0.15) is 0 Å². The number of urea groups is 1. The predicted octanol–water partition coefficient (Wildman–Crippen LogP) is 2.76. The molecule has 0 bridgehead atoms. The van der Waals surface area contributed by atoms with Crippen molar-refractivity contribution in [2.24, 2.45) is 7.05 Å². The molecule has 0 radical (unpaired) electrons. The van der Waals surface area contributed by atoms with Crippen molar-refractivity contribution in [2.45, 2.75) is 18.3 Å². The van der Waals surface area contributed by atoms with E-state index in [2.05, 4.69) is 20.8 Å². The highest BCUT2D eigenvalue weighted by Crippen LogP contribution is 2.18. The van der Waals surface area contributed by atoms with Gasteiger partial charge >= 0.3 is 6.03 Å². The van der Waals surface area contributed by atoms with Gasteiger partial charge in [0.25, 0.3) is 0 Å². The number of carbonyl (C=O) groups is 2. The van der Waals surface area contributed by atoms with E-state index in [0.29, 0.717) is 27.5 Å². The van der Waals surface area contributed by atoms with Crippen LogP contribution < -0.4 is 15.4 Å². The number of thioether (sulfide) groups is 1. The third-order valence-electron chi connectivity index (χ3n) is 3.70. The Balaban J connectivity index is 1.42. The number of ether oxygens (including phenoxy) is 1. The van der Waals surface area contributed by atoms with Gasteiger partial charge in [-0.3, -0.25) is 10.1 Å². The summed E-state index contributed by atoms with van der Waals surface area (Å²) in [5.41, 5.74) is 0. The standard InChI is InChI=1S/C18H18ClN5O4S/c1-24-15(10-28-13-6-4-12(19)5-7-13)22-23-18(24)29-11-16(25)21-17(26)20-9-14-3-2-8-27-14/h2-8H,9-11H2,1H3,(H2,20,21,25,26). The highest BCUT2D eigenvalue weighted by atomic mass is 35.5. The van der Waals surface area contributed by atoms with Gasteiger partial charge in [-0.1, -0.05) is 23.4 Å². The van der Waals surface area contributed by atoms with E-state index < -0.39 is 11.9 Å². The first-order chi connectivity index (χ1) is 14.0. The summed E-state index contributed by atoms with van der Waals surface area (Å²) in [4.78, 5) is 23.7. The number of hydrogen-bond donors (Lipinski definition) is 2. The minimum absolute atomic E-state index is 0.0121. The quantitative estimate of drug-likeness (QED) is 0.523. The van der Waals surface area contributed by atoms with E-state index in [9.17, 15) is 9.59 Å². The number of imide groups is 1. The lowest BCUT2D eigenvalue weighted by molar-refractivity contribution is -0.117. The SMILES string of the molecule is Cn1c(COc2ccc(Cl)cc2)nnc1SCC(=O)NC(=O)NCc1ccco1. The summed E-state index contributed by atoms with van der Waals surface area (Å²) in [6.45, 7) is 0.409. The lowest BCUT2D eigenvalue weighted by Crippen LogP contribution is -2.39. The number of furan rings is 1. The highest BCUT2D eigenvalue weighted by molar-refractivity contribution is 7.99. The van der Waals surface area contributed by atoms with Gasteiger partial charge in [-0.25, -0.2) is 4.79 Å². The number of amides is 3. The fourth-order valence-electron chi connectivity index (χ4n) is 2.19. The van der Waals surface area contributed by atoms with Crippen LogP contribution >= 0.6 is 23.4 Å². The molecule has 3 amide bonds. The summed E-state index contributed by atoms with van der Waals surface area (Å²) in [7, 11) is 1.77. The molecular formula is C18H18ClN5O4S. The molecule has 3 aromatic rings. The third-order valence-corrected chi connectivity index (χ3v) is 4.97. The maximum Gasteiger partial charge on any atom is 0.321 e. The second-order valence-electron chi connectivity index (χ2n) is 5.80. The van der Waals surface area contributed by atoms with Gasteiger partial charge in [0.05, 0.1) is 18.6 Å². The Morgan fingerprint density at radius 1 is 1.24 bits per heavy atom. The minimum Gasteiger partial charge on any atom is -0.486 e. The van der Waals surface area contributed by atoms with E-state index >= 15 is 0 Å². The summed E-state index contributed by atoms with van der Waals surface area (Å²) in [5.74, 6) is 1.41. The van der Waals surface area contributed by atoms with Crippen molar-refractivity contribution in [2.75, 3.05) is 5.75 Å². The van der Waals surface area contributed by atoms with Crippen LogP contribution in [0.2, 0.25) is 5.02 Å². The van der Waals surface area contributed by atoms with Crippen LogP contribution in [0.15, 0.2) is 52.2 Å². The molecule has 2 N–H and O–H groups in total. The number of nitrogens with one attached hydrogen (secondary N) is 2. The number of halogens is 1. The molecule has 0 unspecified atom stereocenters. The molecule has 11 heteroatoms. The fraction of sp³-hybridized carbons (Fsp3) is 0.222. The van der Waals surface area contributed by atoms with Crippen molar-refractivity contribution in [3.05, 3.63) is 59.3 Å². The number of benzene rings is 1. The normalized spacial score (nSPS) is 10.6. The van der Waals surface area contributed by atoms with Gasteiger partial charge in [0.1, 0.15) is 18.1 Å². The van der Waals surface area contributed by atoms with Gasteiger partial charge < -0.3 is 19.0 Å². The summed E-state index contributed by atoms with van der Waals surface area (Å²) < 4.78 is 12.5. The maximum absolute atomic E-state index is 11.9. The molecule has 0 aliphatic heterocycles. The zero-order valence-corrected chi connectivity index (χ0v) is 17.0. The average molecular weight is 436 g/mol. The van der Waals surface area contributed by atoms with E-state index in [1.165, 1.54) is 6.26 Å². The Morgan fingerprint density at radius 2 is 2.03 bits per heavy atom. The fourth-order valence-corrected chi connectivity index (χ4v) is 3.05. The second-order valence-corrected chi connectivity index (χ2v) is 7.18. The van der Waals surface area contributed by atoms with E-state index in [4.69, 9.17) is 20.8 Å². The highest BCUT2D eigenvalue weighted by Gasteiger charge is 2.14. The first-order valence-electron chi connectivity index (χ1n) is 8.51. The van der Waals surface area contributed by atoms with E-state index in [1.807, 2.05) is 0 Å². The van der Waals surface area contributed by atoms with Gasteiger partial charge in [0, 0.05) is 12.1 Å². The summed E-state index contributed by atoms with van der Waals surface area (Å²) in [6.07, 6.45) is 1.51. The molecule has 0 saturated heterocycles. The van der Waals surface area contributed by atoms with Crippen LogP contribution in [-0.2, 0) is 25.0 Å². The Morgan fingerprint density at radius 3 is 2.76 bits per heavy atom. The average Bonchev–Trinajstić information content (AvgIpc) is 3.34. The Labute approximate surface area is 175 Å². The molecule has 0 saturated carbocycles. The van der Waals surface area contributed by atoms with E-state index in [1.54, 1.807) is 48.0 Å². The van der Waals surface area contributed by atoms with Crippen LogP contribution in [0, 0.1) is 0 Å². The van der Waals surface area contributed by atoms with Crippen molar-refractivity contribution >= 4 is 35.3 Å².